The molecular formula is C10H13N5O2. The first kappa shape index (κ1) is 11.5. The molecule has 1 aromatic rings. The maximum absolute atomic E-state index is 12.1. The average molecular weight is 235 g/mol. The van der Waals surface area contributed by atoms with Gasteiger partial charge in [-0.1, -0.05) is 0 Å². The van der Waals surface area contributed by atoms with E-state index < -0.39 is 5.41 Å². The molecule has 7 nitrogen and oxygen atoms in total. The second-order valence-electron chi connectivity index (χ2n) is 3.97. The molecule has 0 atom stereocenters. The van der Waals surface area contributed by atoms with E-state index in [0.29, 0.717) is 32.0 Å². The highest BCUT2D eigenvalue weighted by molar-refractivity contribution is 5.96. The standard InChI is InChI=1S/C10H13N5O2/c1-15-9(12-7-13-15)14-8(16)10(6-11)2-4-17-5-3-10/h7H,2-5H2,1H3,(H,12,13,14,16). The van der Waals surface area contributed by atoms with Gasteiger partial charge < -0.3 is 4.74 Å². The molecule has 1 aliphatic rings. The van der Waals surface area contributed by atoms with E-state index in [-0.39, 0.29) is 5.91 Å². The number of rotatable bonds is 2. The van der Waals surface area contributed by atoms with Gasteiger partial charge in [-0.3, -0.25) is 10.1 Å². The zero-order valence-electron chi connectivity index (χ0n) is 9.51. The lowest BCUT2D eigenvalue weighted by Gasteiger charge is -2.28. The van der Waals surface area contributed by atoms with Gasteiger partial charge in [0, 0.05) is 20.3 Å². The van der Waals surface area contributed by atoms with Crippen LogP contribution in [0.5, 0.6) is 0 Å². The Morgan fingerprint density at radius 2 is 2.35 bits per heavy atom. The summed E-state index contributed by atoms with van der Waals surface area (Å²) in [7, 11) is 1.67. The van der Waals surface area contributed by atoms with Crippen LogP contribution in [0.25, 0.3) is 0 Å². The molecule has 0 radical (unpaired) electrons. The fourth-order valence-electron chi connectivity index (χ4n) is 1.74. The summed E-state index contributed by atoms with van der Waals surface area (Å²) in [5.74, 6) is 0.00974. The molecule has 0 unspecified atom stereocenters. The minimum Gasteiger partial charge on any atom is -0.381 e. The molecular weight excluding hydrogens is 222 g/mol. The predicted molar refractivity (Wildman–Crippen MR) is 57.7 cm³/mol. The van der Waals surface area contributed by atoms with Crippen LogP contribution in [-0.4, -0.2) is 33.9 Å². The molecule has 0 aromatic carbocycles. The van der Waals surface area contributed by atoms with Gasteiger partial charge in [0.25, 0.3) is 0 Å². The van der Waals surface area contributed by atoms with Crippen LogP contribution < -0.4 is 5.32 Å². The van der Waals surface area contributed by atoms with Crippen LogP contribution in [-0.2, 0) is 16.6 Å². The number of nitriles is 1. The van der Waals surface area contributed by atoms with E-state index in [9.17, 15) is 10.1 Å². The summed E-state index contributed by atoms with van der Waals surface area (Å²) in [6.07, 6.45) is 2.17. The molecule has 17 heavy (non-hydrogen) atoms. The molecule has 0 bridgehead atoms. The number of hydrogen-bond acceptors (Lipinski definition) is 5. The normalized spacial score (nSPS) is 18.4. The molecule has 2 heterocycles. The molecule has 1 N–H and O–H groups in total. The van der Waals surface area contributed by atoms with Crippen LogP contribution in [0.2, 0.25) is 0 Å². The Morgan fingerprint density at radius 3 is 2.88 bits per heavy atom. The molecule has 1 aromatic heterocycles. The third-order valence-electron chi connectivity index (χ3n) is 2.93. The first-order valence-electron chi connectivity index (χ1n) is 5.32. The van der Waals surface area contributed by atoms with Crippen molar-refractivity contribution < 1.29 is 9.53 Å². The number of nitrogens with one attached hydrogen (secondary N) is 1. The maximum Gasteiger partial charge on any atom is 0.247 e. The smallest absolute Gasteiger partial charge is 0.247 e. The van der Waals surface area contributed by atoms with Gasteiger partial charge in [0.05, 0.1) is 6.07 Å². The average Bonchev–Trinajstić information content (AvgIpc) is 2.76. The van der Waals surface area contributed by atoms with Crippen LogP contribution in [0.4, 0.5) is 5.95 Å². The monoisotopic (exact) mass is 235 g/mol. The van der Waals surface area contributed by atoms with Crippen molar-refractivity contribution >= 4 is 11.9 Å². The Kier molecular flexibility index (Phi) is 3.06. The largest absolute Gasteiger partial charge is 0.381 e. The second-order valence-corrected chi connectivity index (χ2v) is 3.97. The van der Waals surface area contributed by atoms with Crippen molar-refractivity contribution in [3.05, 3.63) is 6.33 Å². The van der Waals surface area contributed by atoms with Crippen molar-refractivity contribution in [3.63, 3.8) is 0 Å². The van der Waals surface area contributed by atoms with Crippen molar-refractivity contribution in [2.45, 2.75) is 12.8 Å². The molecule has 1 saturated heterocycles. The topological polar surface area (TPSA) is 92.8 Å². The number of anilines is 1. The van der Waals surface area contributed by atoms with E-state index in [1.54, 1.807) is 7.05 Å². The number of aryl methyl sites for hydroxylation is 1. The van der Waals surface area contributed by atoms with Crippen LogP contribution in [0.15, 0.2) is 6.33 Å². The lowest BCUT2D eigenvalue weighted by Crippen LogP contribution is -2.40. The fraction of sp³-hybridized carbons (Fsp3) is 0.600. The summed E-state index contributed by atoms with van der Waals surface area (Å²) in [6, 6.07) is 2.10. The summed E-state index contributed by atoms with van der Waals surface area (Å²) in [6.45, 7) is 0.861. The van der Waals surface area contributed by atoms with Crippen molar-refractivity contribution in [2.75, 3.05) is 18.5 Å². The Morgan fingerprint density at radius 1 is 1.65 bits per heavy atom. The van der Waals surface area contributed by atoms with E-state index in [2.05, 4.69) is 21.5 Å². The molecule has 2 rings (SSSR count). The Labute approximate surface area is 98.4 Å². The summed E-state index contributed by atoms with van der Waals surface area (Å²) in [4.78, 5) is 16.0. The molecule has 7 heteroatoms. The SMILES string of the molecule is Cn1ncnc1NC(=O)C1(C#N)CCOCC1. The maximum atomic E-state index is 12.1. The summed E-state index contributed by atoms with van der Waals surface area (Å²) in [5.41, 5.74) is -1.01. The minimum atomic E-state index is -1.01. The van der Waals surface area contributed by atoms with Gasteiger partial charge in [-0.2, -0.15) is 15.3 Å². The number of hydrogen-bond donors (Lipinski definition) is 1. The molecule has 90 valence electrons. The lowest BCUT2D eigenvalue weighted by molar-refractivity contribution is -0.127. The van der Waals surface area contributed by atoms with Gasteiger partial charge in [-0.15, -0.1) is 0 Å². The van der Waals surface area contributed by atoms with Crippen LogP contribution >= 0.6 is 0 Å². The molecule has 0 saturated carbocycles. The fourth-order valence-corrected chi connectivity index (χ4v) is 1.74. The van der Waals surface area contributed by atoms with Crippen molar-refractivity contribution in [3.8, 4) is 6.07 Å². The Balaban J connectivity index is 2.13. The minimum absolute atomic E-state index is 0.334. The quantitative estimate of drug-likeness (QED) is 0.783. The predicted octanol–water partition coefficient (Wildman–Crippen LogP) is 0.0740. The molecule has 0 aliphatic carbocycles. The van der Waals surface area contributed by atoms with Gasteiger partial charge >= 0.3 is 0 Å². The molecule has 1 fully saturated rings. The van der Waals surface area contributed by atoms with Crippen LogP contribution in [0.3, 0.4) is 0 Å². The van der Waals surface area contributed by atoms with Crippen molar-refractivity contribution in [1.29, 1.82) is 5.26 Å². The Hall–Kier alpha value is -1.94. The highest BCUT2D eigenvalue weighted by atomic mass is 16.5. The highest BCUT2D eigenvalue weighted by Crippen LogP contribution is 2.30. The lowest BCUT2D eigenvalue weighted by atomic mass is 9.81. The van der Waals surface area contributed by atoms with Crippen LogP contribution in [0.1, 0.15) is 12.8 Å². The van der Waals surface area contributed by atoms with E-state index in [0.717, 1.165) is 0 Å². The third-order valence-corrected chi connectivity index (χ3v) is 2.93. The molecule has 1 amide bonds. The third kappa shape index (κ3) is 2.12. The van der Waals surface area contributed by atoms with Gasteiger partial charge in [-0.05, 0) is 12.8 Å². The number of aromatic nitrogens is 3. The number of amides is 1. The van der Waals surface area contributed by atoms with Gasteiger partial charge in [-0.25, -0.2) is 4.68 Å². The van der Waals surface area contributed by atoms with Gasteiger partial charge in [0.1, 0.15) is 11.7 Å². The number of carbonyl (C=O) groups excluding carboxylic acids is 1. The van der Waals surface area contributed by atoms with Crippen molar-refractivity contribution in [2.24, 2.45) is 12.5 Å². The van der Waals surface area contributed by atoms with E-state index in [4.69, 9.17) is 4.74 Å². The summed E-state index contributed by atoms with van der Waals surface area (Å²) < 4.78 is 6.62. The van der Waals surface area contributed by atoms with E-state index in [1.807, 2.05) is 0 Å². The van der Waals surface area contributed by atoms with Crippen LogP contribution in [0, 0.1) is 16.7 Å². The number of ether oxygens (including phenoxy) is 1. The number of carbonyl (C=O) groups is 1. The molecule has 0 spiro atoms. The highest BCUT2D eigenvalue weighted by Gasteiger charge is 2.40. The van der Waals surface area contributed by atoms with E-state index in [1.165, 1.54) is 11.0 Å². The van der Waals surface area contributed by atoms with Gasteiger partial charge in [0.2, 0.25) is 11.9 Å². The summed E-state index contributed by atoms with van der Waals surface area (Å²) in [5, 5.41) is 15.7. The van der Waals surface area contributed by atoms with Crippen molar-refractivity contribution in [1.82, 2.24) is 14.8 Å². The van der Waals surface area contributed by atoms with E-state index >= 15 is 0 Å². The zero-order chi connectivity index (χ0) is 12.3. The number of nitrogens with zero attached hydrogens (tertiary/aromatic N) is 4. The van der Waals surface area contributed by atoms with Gasteiger partial charge in [0.15, 0.2) is 0 Å². The first-order chi connectivity index (χ1) is 8.18. The first-order valence-corrected chi connectivity index (χ1v) is 5.32. The molecule has 1 aliphatic heterocycles. The zero-order valence-corrected chi connectivity index (χ0v) is 9.51. The Bertz CT molecular complexity index is 456. The summed E-state index contributed by atoms with van der Waals surface area (Å²) >= 11 is 0. The second kappa shape index (κ2) is 4.51.